The molecule has 3 rings (SSSR count). The topological polar surface area (TPSA) is 81.5 Å². The summed E-state index contributed by atoms with van der Waals surface area (Å²) in [5.74, 6) is -0.589. The van der Waals surface area contributed by atoms with Crippen molar-refractivity contribution in [1.29, 1.82) is 0 Å². The van der Waals surface area contributed by atoms with E-state index in [1.807, 2.05) is 0 Å². The van der Waals surface area contributed by atoms with E-state index in [9.17, 15) is 28.1 Å². The number of carbonyl (C=O) groups is 1. The largest absolute Gasteiger partial charge is 0.448 e. The zero-order valence-electron chi connectivity index (χ0n) is 14.3. The zero-order chi connectivity index (χ0) is 22.2. The van der Waals surface area contributed by atoms with Crippen LogP contribution in [0.3, 0.4) is 0 Å². The van der Waals surface area contributed by atoms with Crippen LogP contribution in [0, 0.1) is 10.1 Å². The number of nitrogens with one attached hydrogen (secondary N) is 1. The molecule has 2 aromatic carbocycles. The summed E-state index contributed by atoms with van der Waals surface area (Å²) in [7, 11) is 0. The molecule has 1 aliphatic heterocycles. The number of amides is 1. The molecule has 13 heteroatoms. The van der Waals surface area contributed by atoms with Gasteiger partial charge in [0.25, 0.3) is 5.91 Å². The van der Waals surface area contributed by atoms with Crippen LogP contribution in [0.1, 0.15) is 11.1 Å². The van der Waals surface area contributed by atoms with Gasteiger partial charge in [0, 0.05) is 6.07 Å². The van der Waals surface area contributed by atoms with Gasteiger partial charge in [-0.2, -0.15) is 13.2 Å². The van der Waals surface area contributed by atoms with Crippen LogP contribution in [0.5, 0.6) is 11.5 Å². The molecule has 1 heterocycles. The average molecular weight is 584 g/mol. The predicted molar refractivity (Wildman–Crippen MR) is 116 cm³/mol. The molecule has 2 aromatic rings. The Labute approximate surface area is 193 Å². The zero-order valence-corrected chi connectivity index (χ0v) is 19.1. The van der Waals surface area contributed by atoms with Crippen LogP contribution >= 0.6 is 55.8 Å². The molecular weight excluding hydrogens is 577 g/mol. The fourth-order valence-electron chi connectivity index (χ4n) is 2.37. The van der Waals surface area contributed by atoms with Gasteiger partial charge in [-0.05, 0) is 67.8 Å². The van der Waals surface area contributed by atoms with Crippen molar-refractivity contribution in [2.24, 2.45) is 0 Å². The predicted octanol–water partition coefficient (Wildman–Crippen LogP) is 6.42. The molecule has 0 atom stereocenters. The Balaban J connectivity index is 1.96. The first-order valence-corrected chi connectivity index (χ1v) is 10.5. The highest BCUT2D eigenvalue weighted by molar-refractivity contribution is 9.11. The lowest BCUT2D eigenvalue weighted by molar-refractivity contribution is -0.385. The van der Waals surface area contributed by atoms with Gasteiger partial charge in [0.2, 0.25) is 5.75 Å². The van der Waals surface area contributed by atoms with Gasteiger partial charge in [-0.3, -0.25) is 14.9 Å². The Hall–Kier alpha value is -1.96. The Morgan fingerprint density at radius 2 is 1.83 bits per heavy atom. The molecule has 6 nitrogen and oxygen atoms in total. The minimum atomic E-state index is -4.73. The molecule has 1 amide bonds. The van der Waals surface area contributed by atoms with Gasteiger partial charge < -0.3 is 10.1 Å². The summed E-state index contributed by atoms with van der Waals surface area (Å²) in [6.45, 7) is 0. The number of rotatable bonds is 4. The van der Waals surface area contributed by atoms with Crippen LogP contribution in [0.2, 0.25) is 0 Å². The van der Waals surface area contributed by atoms with Gasteiger partial charge in [-0.15, -0.1) is 0 Å². The number of ether oxygens (including phenoxy) is 1. The van der Waals surface area contributed by atoms with E-state index in [0.717, 1.165) is 17.8 Å². The van der Waals surface area contributed by atoms with Gasteiger partial charge in [-0.25, -0.2) is 0 Å². The first-order chi connectivity index (χ1) is 14.0. The van der Waals surface area contributed by atoms with Crippen LogP contribution in [-0.2, 0) is 11.0 Å². The monoisotopic (exact) mass is 582 g/mol. The number of carbonyl (C=O) groups excluding carboxylic acids is 1. The molecule has 0 spiro atoms. The van der Waals surface area contributed by atoms with E-state index in [-0.39, 0.29) is 17.4 Å². The first-order valence-electron chi connectivity index (χ1n) is 7.73. The normalized spacial score (nSPS) is 15.4. The highest BCUT2D eigenvalue weighted by atomic mass is 79.9. The van der Waals surface area contributed by atoms with E-state index < -0.39 is 22.4 Å². The molecule has 0 aliphatic carbocycles. The smallest absolute Gasteiger partial charge is 0.416 e. The lowest BCUT2D eigenvalue weighted by Gasteiger charge is -2.13. The summed E-state index contributed by atoms with van der Waals surface area (Å²) in [5.41, 5.74) is -1.40. The molecule has 30 heavy (non-hydrogen) atoms. The van der Waals surface area contributed by atoms with Crippen molar-refractivity contribution in [1.82, 2.24) is 5.32 Å². The van der Waals surface area contributed by atoms with Gasteiger partial charge in [-0.1, -0.05) is 24.0 Å². The van der Waals surface area contributed by atoms with Crippen molar-refractivity contribution in [2.45, 2.75) is 6.18 Å². The van der Waals surface area contributed by atoms with E-state index in [1.165, 1.54) is 0 Å². The van der Waals surface area contributed by atoms with Gasteiger partial charge >= 0.3 is 11.9 Å². The summed E-state index contributed by atoms with van der Waals surface area (Å²) in [6, 6.07) is 5.16. The summed E-state index contributed by atoms with van der Waals surface area (Å²) in [6.07, 6.45) is -3.15. The third-order valence-electron chi connectivity index (χ3n) is 3.66. The number of thiocarbonyl (C=S) groups is 1. The molecule has 1 saturated heterocycles. The lowest BCUT2D eigenvalue weighted by Crippen LogP contribution is -2.17. The molecule has 1 aliphatic rings. The number of thioether (sulfide) groups is 1. The highest BCUT2D eigenvalue weighted by Gasteiger charge is 2.33. The van der Waals surface area contributed by atoms with Crippen molar-refractivity contribution in [2.75, 3.05) is 0 Å². The van der Waals surface area contributed by atoms with Crippen LogP contribution in [-0.4, -0.2) is 15.2 Å². The summed E-state index contributed by atoms with van der Waals surface area (Å²) in [5, 5.41) is 13.7. The Morgan fingerprint density at radius 1 is 1.20 bits per heavy atom. The Kier molecular flexibility index (Phi) is 6.55. The number of alkyl halides is 3. The van der Waals surface area contributed by atoms with Crippen LogP contribution < -0.4 is 10.1 Å². The number of nitrogens with zero attached hydrogens (tertiary/aromatic N) is 1. The highest BCUT2D eigenvalue weighted by Crippen LogP contribution is 2.43. The molecular formula is C17H7Br2F3N2O4S2. The minimum Gasteiger partial charge on any atom is -0.448 e. The number of halogens is 5. The Bertz CT molecular complexity index is 1100. The van der Waals surface area contributed by atoms with E-state index in [2.05, 4.69) is 37.2 Å². The van der Waals surface area contributed by atoms with Crippen molar-refractivity contribution in [3.63, 3.8) is 0 Å². The molecule has 0 unspecified atom stereocenters. The van der Waals surface area contributed by atoms with E-state index in [0.29, 0.717) is 35.9 Å². The van der Waals surface area contributed by atoms with Gasteiger partial charge in [0.1, 0.15) is 4.32 Å². The van der Waals surface area contributed by atoms with Crippen molar-refractivity contribution in [3.05, 3.63) is 65.4 Å². The third kappa shape index (κ3) is 5.02. The second-order valence-corrected chi connectivity index (χ2v) is 9.13. The molecule has 0 saturated carbocycles. The van der Waals surface area contributed by atoms with Crippen molar-refractivity contribution < 1.29 is 27.6 Å². The summed E-state index contributed by atoms with van der Waals surface area (Å²) < 4.78 is 45.1. The van der Waals surface area contributed by atoms with E-state index in [1.54, 1.807) is 18.2 Å². The quantitative estimate of drug-likeness (QED) is 0.194. The maximum Gasteiger partial charge on any atom is 0.416 e. The summed E-state index contributed by atoms with van der Waals surface area (Å²) >= 11 is 12.6. The van der Waals surface area contributed by atoms with Gasteiger partial charge in [0.15, 0.2) is 5.75 Å². The lowest BCUT2D eigenvalue weighted by atomic mass is 10.1. The third-order valence-corrected chi connectivity index (χ3v) is 6.00. The van der Waals surface area contributed by atoms with Crippen molar-refractivity contribution in [3.8, 4) is 11.5 Å². The van der Waals surface area contributed by atoms with E-state index in [4.69, 9.17) is 17.0 Å². The fourth-order valence-corrected chi connectivity index (χ4v) is 4.79. The molecule has 156 valence electrons. The number of benzene rings is 2. The maximum absolute atomic E-state index is 12.9. The summed E-state index contributed by atoms with van der Waals surface area (Å²) in [4.78, 5) is 22.5. The van der Waals surface area contributed by atoms with Crippen molar-refractivity contribution >= 4 is 77.8 Å². The van der Waals surface area contributed by atoms with E-state index >= 15 is 0 Å². The molecule has 0 bridgehead atoms. The molecule has 1 fully saturated rings. The number of hydrogen-bond acceptors (Lipinski definition) is 6. The number of nitro benzene ring substituents is 1. The van der Waals surface area contributed by atoms with Gasteiger partial charge in [0.05, 0.1) is 24.3 Å². The number of hydrogen-bond donors (Lipinski definition) is 1. The van der Waals surface area contributed by atoms with Crippen LogP contribution in [0.25, 0.3) is 6.08 Å². The average Bonchev–Trinajstić information content (AvgIpc) is 2.94. The molecule has 1 N–H and O–H groups in total. The first kappa shape index (κ1) is 22.7. The number of nitro groups is 1. The maximum atomic E-state index is 12.9. The standard InChI is InChI=1S/C17H7Br2F3N2O4S2/c18-9-3-7(5-13-15(25)23-16(29)30-13)4-10(19)14(9)28-12-2-1-8(17(20,21)22)6-11(12)24(26)27/h1-6H,(H,23,25,29)/b13-5+. The fraction of sp³-hybridized carbons (Fsp3) is 0.0588. The Morgan fingerprint density at radius 3 is 2.33 bits per heavy atom. The molecule has 0 aromatic heterocycles. The van der Waals surface area contributed by atoms with Crippen LogP contribution in [0.4, 0.5) is 18.9 Å². The second-order valence-electron chi connectivity index (χ2n) is 5.71. The van der Waals surface area contributed by atoms with Crippen LogP contribution in [0.15, 0.2) is 44.2 Å². The minimum absolute atomic E-state index is 0.110. The second kappa shape index (κ2) is 8.65. The SMILES string of the molecule is O=C1NC(=S)S/C1=C/c1cc(Br)c(Oc2ccc(C(F)(F)F)cc2[N+](=O)[O-])c(Br)c1. The molecule has 0 radical (unpaired) electrons.